The van der Waals surface area contributed by atoms with Crippen LogP contribution in [0.3, 0.4) is 0 Å². The van der Waals surface area contributed by atoms with Crippen molar-refractivity contribution in [2.24, 2.45) is 5.73 Å². The van der Waals surface area contributed by atoms with Crippen LogP contribution in [0, 0.1) is 0 Å². The molecule has 7 heteroatoms. The third kappa shape index (κ3) is 4.20. The van der Waals surface area contributed by atoms with E-state index in [0.29, 0.717) is 22.7 Å². The van der Waals surface area contributed by atoms with E-state index in [1.165, 1.54) is 0 Å². The molecule has 0 spiro atoms. The van der Waals surface area contributed by atoms with Crippen molar-refractivity contribution in [2.75, 3.05) is 10.6 Å². The highest BCUT2D eigenvalue weighted by molar-refractivity contribution is 6.24. The van der Waals surface area contributed by atoms with Gasteiger partial charge in [-0.25, -0.2) is 9.78 Å². The number of nitrogens with one attached hydrogen (secondary N) is 3. The number of H-pyrrole nitrogens is 1. The first-order valence-corrected chi connectivity index (χ1v) is 9.28. The number of fused-ring (bicyclic) bond motifs is 1. The van der Waals surface area contributed by atoms with E-state index in [1.54, 1.807) is 30.5 Å². The number of anilines is 2. The van der Waals surface area contributed by atoms with E-state index < -0.39 is 5.91 Å². The van der Waals surface area contributed by atoms with Crippen molar-refractivity contribution >= 4 is 46.1 Å². The van der Waals surface area contributed by atoms with Crippen LogP contribution in [0.1, 0.15) is 11.1 Å². The van der Waals surface area contributed by atoms with Gasteiger partial charge in [-0.05, 0) is 35.9 Å². The van der Waals surface area contributed by atoms with Crippen molar-refractivity contribution in [3.63, 3.8) is 0 Å². The van der Waals surface area contributed by atoms with E-state index >= 15 is 0 Å². The highest BCUT2D eigenvalue weighted by Gasteiger charge is 2.11. The molecular weight excluding hydrogens is 378 g/mol. The van der Waals surface area contributed by atoms with Crippen molar-refractivity contribution in [3.05, 3.63) is 90.1 Å². The molecule has 2 aromatic heterocycles. The number of pyridine rings is 1. The second kappa shape index (κ2) is 8.32. The number of aromatic nitrogens is 2. The third-order valence-electron chi connectivity index (χ3n) is 4.49. The summed E-state index contributed by atoms with van der Waals surface area (Å²) in [5.41, 5.74) is 8.76. The molecule has 0 fully saturated rings. The number of carbonyl (C=O) groups excluding carboxylic acids is 2. The Labute approximate surface area is 172 Å². The van der Waals surface area contributed by atoms with Crippen LogP contribution in [-0.4, -0.2) is 21.9 Å². The molecule has 5 N–H and O–H groups in total. The van der Waals surface area contributed by atoms with Crippen LogP contribution < -0.4 is 16.4 Å². The lowest BCUT2D eigenvalue weighted by atomic mass is 10.0. The molecule has 0 radical (unpaired) electrons. The van der Waals surface area contributed by atoms with Crippen LogP contribution in [0.4, 0.5) is 16.3 Å². The molecule has 0 saturated heterocycles. The summed E-state index contributed by atoms with van der Waals surface area (Å²) < 4.78 is 0. The molecule has 0 aliphatic rings. The third-order valence-corrected chi connectivity index (χ3v) is 4.49. The molecule has 4 aromatic rings. The van der Waals surface area contributed by atoms with Crippen LogP contribution in [0.15, 0.2) is 79.0 Å². The zero-order valence-electron chi connectivity index (χ0n) is 15.9. The predicted molar refractivity (Wildman–Crippen MR) is 119 cm³/mol. The number of aromatic amines is 1. The fraction of sp³-hybridized carbons (Fsp3) is 0. The number of nitrogens with zero attached hydrogens (tertiary/aromatic N) is 1. The Morgan fingerprint density at radius 3 is 2.30 bits per heavy atom. The summed E-state index contributed by atoms with van der Waals surface area (Å²) in [4.78, 5) is 31.6. The highest BCUT2D eigenvalue weighted by Crippen LogP contribution is 2.24. The van der Waals surface area contributed by atoms with Crippen molar-refractivity contribution in [1.29, 1.82) is 0 Å². The number of primary amides is 1. The predicted octanol–water partition coefficient (Wildman–Crippen LogP) is 4.23. The van der Waals surface area contributed by atoms with Gasteiger partial charge in [0.1, 0.15) is 11.5 Å². The Hall–Kier alpha value is -4.39. The number of hydrogen-bond acceptors (Lipinski definition) is 3. The quantitative estimate of drug-likeness (QED) is 0.378. The zero-order valence-corrected chi connectivity index (χ0v) is 15.9. The first kappa shape index (κ1) is 18.9. The second-order valence-electron chi connectivity index (χ2n) is 6.57. The lowest BCUT2D eigenvalue weighted by Crippen LogP contribution is -2.19. The molecule has 148 valence electrons. The molecule has 2 heterocycles. The Balaban J connectivity index is 1.58. The number of para-hydroxylation sites is 1. The summed E-state index contributed by atoms with van der Waals surface area (Å²) in [7, 11) is 0. The maximum absolute atomic E-state index is 12.2. The normalized spacial score (nSPS) is 11.3. The van der Waals surface area contributed by atoms with E-state index in [0.717, 1.165) is 16.5 Å². The molecule has 0 unspecified atom stereocenters. The largest absolute Gasteiger partial charge is 0.366 e. The molecule has 0 bridgehead atoms. The molecule has 0 aliphatic heterocycles. The fourth-order valence-electron chi connectivity index (χ4n) is 3.09. The summed E-state index contributed by atoms with van der Waals surface area (Å²) in [6.07, 6.45) is 3.48. The second-order valence-corrected chi connectivity index (χ2v) is 6.57. The van der Waals surface area contributed by atoms with Gasteiger partial charge in [-0.2, -0.15) is 0 Å². The SMILES string of the molecule is NC(=O)/C(=C/c1c[nH]c2nc(NC(=O)Nc3ccccc3)ccc12)c1ccccc1. The minimum atomic E-state index is -0.514. The fourth-order valence-corrected chi connectivity index (χ4v) is 3.09. The molecule has 30 heavy (non-hydrogen) atoms. The number of hydrogen-bond donors (Lipinski definition) is 4. The maximum atomic E-state index is 12.2. The minimum Gasteiger partial charge on any atom is -0.366 e. The van der Waals surface area contributed by atoms with Gasteiger partial charge in [0.15, 0.2) is 0 Å². The number of benzene rings is 2. The first-order chi connectivity index (χ1) is 14.6. The van der Waals surface area contributed by atoms with Crippen molar-refractivity contribution in [2.45, 2.75) is 0 Å². The lowest BCUT2D eigenvalue weighted by molar-refractivity contribution is -0.112. The van der Waals surface area contributed by atoms with Gasteiger partial charge in [0, 0.05) is 28.4 Å². The van der Waals surface area contributed by atoms with Crippen LogP contribution in [0.2, 0.25) is 0 Å². The Morgan fingerprint density at radius 1 is 0.900 bits per heavy atom. The van der Waals surface area contributed by atoms with Gasteiger partial charge in [0.25, 0.3) is 0 Å². The first-order valence-electron chi connectivity index (χ1n) is 9.28. The lowest BCUT2D eigenvalue weighted by Gasteiger charge is -2.07. The Bertz CT molecular complexity index is 1230. The standard InChI is InChI=1S/C23H19N5O2/c24-21(29)19(15-7-3-1-4-8-15)13-16-14-25-22-18(16)11-12-20(27-22)28-23(30)26-17-9-5-2-6-10-17/h1-14H,(H2,24,29)(H3,25,26,27,28,30)/b19-13+. The number of nitrogens with two attached hydrogens (primary N) is 1. The number of urea groups is 1. The van der Waals surface area contributed by atoms with Gasteiger partial charge in [0.05, 0.1) is 0 Å². The van der Waals surface area contributed by atoms with E-state index in [1.807, 2.05) is 54.6 Å². The van der Waals surface area contributed by atoms with E-state index in [-0.39, 0.29) is 6.03 Å². The summed E-state index contributed by atoms with van der Waals surface area (Å²) >= 11 is 0. The Kier molecular flexibility index (Phi) is 5.25. The van der Waals surface area contributed by atoms with Gasteiger partial charge in [0.2, 0.25) is 5.91 Å². The summed E-state index contributed by atoms with van der Waals surface area (Å²) in [6.45, 7) is 0. The summed E-state index contributed by atoms with van der Waals surface area (Å²) in [6, 6.07) is 21.5. The zero-order chi connectivity index (χ0) is 20.9. The number of amides is 3. The van der Waals surface area contributed by atoms with Gasteiger partial charge < -0.3 is 16.0 Å². The highest BCUT2D eigenvalue weighted by atomic mass is 16.2. The average molecular weight is 397 g/mol. The van der Waals surface area contributed by atoms with E-state index in [2.05, 4.69) is 20.6 Å². The van der Waals surface area contributed by atoms with E-state index in [9.17, 15) is 9.59 Å². The van der Waals surface area contributed by atoms with Crippen LogP contribution in [0.5, 0.6) is 0 Å². The van der Waals surface area contributed by atoms with Crippen LogP contribution in [0.25, 0.3) is 22.7 Å². The molecule has 0 saturated carbocycles. The molecule has 2 aromatic carbocycles. The monoisotopic (exact) mass is 397 g/mol. The topological polar surface area (TPSA) is 113 Å². The maximum Gasteiger partial charge on any atom is 0.324 e. The smallest absolute Gasteiger partial charge is 0.324 e. The molecule has 4 rings (SSSR count). The van der Waals surface area contributed by atoms with Gasteiger partial charge in [-0.1, -0.05) is 48.5 Å². The van der Waals surface area contributed by atoms with E-state index in [4.69, 9.17) is 5.73 Å². The van der Waals surface area contributed by atoms with Gasteiger partial charge in [-0.15, -0.1) is 0 Å². The van der Waals surface area contributed by atoms with Crippen molar-refractivity contribution in [3.8, 4) is 0 Å². The summed E-state index contributed by atoms with van der Waals surface area (Å²) in [5.74, 6) is -0.120. The molecular formula is C23H19N5O2. The number of carbonyl (C=O) groups is 2. The van der Waals surface area contributed by atoms with Crippen LogP contribution >= 0.6 is 0 Å². The minimum absolute atomic E-state index is 0.389. The number of rotatable bonds is 5. The average Bonchev–Trinajstić information content (AvgIpc) is 3.15. The van der Waals surface area contributed by atoms with Crippen LogP contribution in [-0.2, 0) is 4.79 Å². The molecule has 0 atom stereocenters. The molecule has 0 aliphatic carbocycles. The molecule has 3 amide bonds. The van der Waals surface area contributed by atoms with Crippen molar-refractivity contribution < 1.29 is 9.59 Å². The van der Waals surface area contributed by atoms with Crippen molar-refractivity contribution in [1.82, 2.24) is 9.97 Å². The van der Waals surface area contributed by atoms with Gasteiger partial charge in [-0.3, -0.25) is 10.1 Å². The molecule has 7 nitrogen and oxygen atoms in total. The van der Waals surface area contributed by atoms with Gasteiger partial charge >= 0.3 is 6.03 Å². The summed E-state index contributed by atoms with van der Waals surface area (Å²) in [5, 5.41) is 6.25. The Morgan fingerprint density at radius 2 is 1.60 bits per heavy atom.